The molecule has 1 fully saturated rings. The maximum atomic E-state index is 12.1. The van der Waals surface area contributed by atoms with Crippen molar-refractivity contribution in [2.24, 2.45) is 0 Å². The van der Waals surface area contributed by atoms with Gasteiger partial charge in [0.1, 0.15) is 4.32 Å². The van der Waals surface area contributed by atoms with E-state index in [1.807, 2.05) is 0 Å². The highest BCUT2D eigenvalue weighted by Gasteiger charge is 2.24. The van der Waals surface area contributed by atoms with Gasteiger partial charge in [-0.25, -0.2) is 4.79 Å². The lowest BCUT2D eigenvalue weighted by Gasteiger charge is -2.16. The third-order valence-corrected chi connectivity index (χ3v) is 5.54. The van der Waals surface area contributed by atoms with Gasteiger partial charge in [0.25, 0.3) is 5.91 Å². The molecule has 0 bridgehead atoms. The summed E-state index contributed by atoms with van der Waals surface area (Å²) >= 11 is 18.5. The molecule has 2 aromatic rings. The molecule has 0 unspecified atom stereocenters. The van der Waals surface area contributed by atoms with Crippen molar-refractivity contribution in [3.63, 3.8) is 0 Å². The lowest BCUT2D eigenvalue weighted by atomic mass is 10.0. The highest BCUT2D eigenvalue weighted by molar-refractivity contribution is 8.26. The Bertz CT molecular complexity index is 1060. The third-order valence-electron chi connectivity index (χ3n) is 3.81. The van der Waals surface area contributed by atoms with E-state index >= 15 is 0 Å². The molecule has 0 atom stereocenters. The van der Waals surface area contributed by atoms with Crippen LogP contribution in [0.4, 0.5) is 0 Å². The fourth-order valence-electron chi connectivity index (χ4n) is 2.61. The molecular formula is C19H13Cl2NO5S2. The van der Waals surface area contributed by atoms with E-state index in [0.29, 0.717) is 36.0 Å². The molecule has 150 valence electrons. The molecule has 10 heteroatoms. The molecule has 1 saturated heterocycles. The lowest BCUT2D eigenvalue weighted by molar-refractivity contribution is -0.139. The molecule has 1 amide bonds. The van der Waals surface area contributed by atoms with Gasteiger partial charge in [-0.1, -0.05) is 47.2 Å². The fourth-order valence-corrected chi connectivity index (χ4v) is 4.04. The average Bonchev–Trinajstić information content (AvgIpc) is 2.98. The first kappa shape index (κ1) is 21.4. The van der Waals surface area contributed by atoms with Gasteiger partial charge in [0, 0.05) is 21.2 Å². The van der Waals surface area contributed by atoms with E-state index in [2.05, 4.69) is 5.32 Å². The molecule has 1 heterocycles. The molecule has 0 aliphatic carbocycles. The number of hydrogen-bond donors (Lipinski definition) is 2. The van der Waals surface area contributed by atoms with Crippen LogP contribution in [-0.4, -0.2) is 35.0 Å². The summed E-state index contributed by atoms with van der Waals surface area (Å²) in [5.41, 5.74) is 1.72. The summed E-state index contributed by atoms with van der Waals surface area (Å²) in [6.45, 7) is -0.582. The smallest absolute Gasteiger partial charge is 0.341 e. The van der Waals surface area contributed by atoms with Crippen molar-refractivity contribution in [2.75, 3.05) is 13.7 Å². The summed E-state index contributed by atoms with van der Waals surface area (Å²) in [7, 11) is 1.43. The van der Waals surface area contributed by atoms with Crippen molar-refractivity contribution in [1.82, 2.24) is 5.32 Å². The van der Waals surface area contributed by atoms with Gasteiger partial charge < -0.3 is 19.9 Å². The van der Waals surface area contributed by atoms with Gasteiger partial charge in [0.15, 0.2) is 18.1 Å². The van der Waals surface area contributed by atoms with E-state index in [1.165, 1.54) is 7.11 Å². The number of carbonyl (C=O) groups is 2. The summed E-state index contributed by atoms with van der Waals surface area (Å²) in [6, 6.07) is 8.39. The number of carboxylic acids is 1. The number of hydrogen-bond acceptors (Lipinski definition) is 6. The Hall–Kier alpha value is -2.26. The van der Waals surface area contributed by atoms with Gasteiger partial charge in [0.05, 0.1) is 12.0 Å². The molecule has 2 N–H and O–H groups in total. The van der Waals surface area contributed by atoms with Crippen LogP contribution in [-0.2, 0) is 9.59 Å². The Morgan fingerprint density at radius 3 is 2.69 bits per heavy atom. The number of carboxylic acid groups (broad SMARTS) is 1. The number of rotatable bonds is 6. The molecule has 0 radical (unpaired) electrons. The average molecular weight is 470 g/mol. The highest BCUT2D eigenvalue weighted by atomic mass is 35.5. The predicted octanol–water partition coefficient (Wildman–Crippen LogP) is 4.62. The Kier molecular flexibility index (Phi) is 6.69. The van der Waals surface area contributed by atoms with E-state index in [1.54, 1.807) is 36.4 Å². The number of methoxy groups -OCH3 is 1. The van der Waals surface area contributed by atoms with Crippen LogP contribution in [0.1, 0.15) is 5.56 Å². The first-order valence-electron chi connectivity index (χ1n) is 8.05. The number of benzene rings is 2. The van der Waals surface area contributed by atoms with Crippen LogP contribution in [0.25, 0.3) is 17.2 Å². The van der Waals surface area contributed by atoms with Crippen molar-refractivity contribution < 1.29 is 24.2 Å². The predicted molar refractivity (Wildman–Crippen MR) is 118 cm³/mol. The molecule has 3 rings (SSSR count). The van der Waals surface area contributed by atoms with Gasteiger partial charge in [0.2, 0.25) is 0 Å². The van der Waals surface area contributed by atoms with Crippen molar-refractivity contribution in [2.45, 2.75) is 0 Å². The first-order valence-corrected chi connectivity index (χ1v) is 10.0. The SMILES string of the molecule is COc1cc(-c2cc(Cl)ccc2Cl)cc(/C=C2\SC(=S)NC2=O)c1OCC(=O)O. The largest absolute Gasteiger partial charge is 0.493 e. The van der Waals surface area contributed by atoms with E-state index < -0.39 is 12.6 Å². The van der Waals surface area contributed by atoms with Crippen LogP contribution in [0.2, 0.25) is 10.0 Å². The number of halogens is 2. The quantitative estimate of drug-likeness (QED) is 0.471. The minimum absolute atomic E-state index is 0.176. The van der Waals surface area contributed by atoms with Crippen LogP contribution in [0.3, 0.4) is 0 Å². The molecular weight excluding hydrogens is 457 g/mol. The maximum absolute atomic E-state index is 12.1. The van der Waals surface area contributed by atoms with Gasteiger partial charge in [-0.15, -0.1) is 0 Å². The summed E-state index contributed by atoms with van der Waals surface area (Å²) in [5.74, 6) is -1.05. The molecule has 6 nitrogen and oxygen atoms in total. The van der Waals surface area contributed by atoms with Crippen LogP contribution >= 0.6 is 47.2 Å². The molecule has 1 aliphatic rings. The first-order chi connectivity index (χ1) is 13.8. The van der Waals surface area contributed by atoms with Gasteiger partial charge in [-0.05, 0) is 42.0 Å². The number of thiocarbonyl (C=S) groups is 1. The number of thioether (sulfide) groups is 1. The van der Waals surface area contributed by atoms with E-state index in [-0.39, 0.29) is 17.4 Å². The maximum Gasteiger partial charge on any atom is 0.341 e. The van der Waals surface area contributed by atoms with Crippen LogP contribution in [0.5, 0.6) is 11.5 Å². The summed E-state index contributed by atoms with van der Waals surface area (Å²) in [6.07, 6.45) is 1.56. The van der Waals surface area contributed by atoms with Crippen LogP contribution < -0.4 is 14.8 Å². The van der Waals surface area contributed by atoms with Crippen LogP contribution in [0, 0.1) is 0 Å². The fraction of sp³-hybridized carbons (Fsp3) is 0.105. The van der Waals surface area contributed by atoms with E-state index in [0.717, 1.165) is 11.8 Å². The molecule has 2 aromatic carbocycles. The topological polar surface area (TPSA) is 84.9 Å². The van der Waals surface area contributed by atoms with Crippen molar-refractivity contribution in [3.8, 4) is 22.6 Å². The Balaban J connectivity index is 2.19. The number of amides is 1. The number of nitrogens with one attached hydrogen (secondary N) is 1. The van der Waals surface area contributed by atoms with Crippen molar-refractivity contribution in [1.29, 1.82) is 0 Å². The zero-order valence-corrected chi connectivity index (χ0v) is 18.0. The van der Waals surface area contributed by atoms with Gasteiger partial charge in [-0.3, -0.25) is 4.79 Å². The zero-order valence-electron chi connectivity index (χ0n) is 14.8. The monoisotopic (exact) mass is 469 g/mol. The van der Waals surface area contributed by atoms with Crippen molar-refractivity contribution >= 4 is 69.5 Å². The number of ether oxygens (including phenoxy) is 2. The second-order valence-electron chi connectivity index (χ2n) is 5.76. The molecule has 0 saturated carbocycles. The zero-order chi connectivity index (χ0) is 21.1. The van der Waals surface area contributed by atoms with Gasteiger partial charge in [-0.2, -0.15) is 0 Å². The summed E-state index contributed by atoms with van der Waals surface area (Å²) < 4.78 is 11.2. The molecule has 1 aliphatic heterocycles. The van der Waals surface area contributed by atoms with Crippen LogP contribution in [0.15, 0.2) is 35.2 Å². The second kappa shape index (κ2) is 9.04. The Morgan fingerprint density at radius 1 is 1.31 bits per heavy atom. The number of aliphatic carboxylic acids is 1. The Labute approximate surface area is 185 Å². The normalized spacial score (nSPS) is 14.8. The minimum atomic E-state index is -1.15. The minimum Gasteiger partial charge on any atom is -0.493 e. The summed E-state index contributed by atoms with van der Waals surface area (Å²) in [5, 5.41) is 12.5. The second-order valence-corrected chi connectivity index (χ2v) is 8.32. The third kappa shape index (κ3) is 5.02. The van der Waals surface area contributed by atoms with E-state index in [9.17, 15) is 9.59 Å². The van der Waals surface area contributed by atoms with Crippen molar-refractivity contribution in [3.05, 3.63) is 50.8 Å². The number of carbonyl (C=O) groups excluding carboxylic acids is 1. The van der Waals surface area contributed by atoms with E-state index in [4.69, 9.17) is 50.0 Å². The summed E-state index contributed by atoms with van der Waals surface area (Å²) in [4.78, 5) is 23.4. The highest BCUT2D eigenvalue weighted by Crippen LogP contribution is 2.41. The Morgan fingerprint density at radius 2 is 2.07 bits per heavy atom. The lowest BCUT2D eigenvalue weighted by Crippen LogP contribution is -2.17. The standard InChI is InChI=1S/C19H13Cl2NO5S2/c1-26-14-5-9(12-7-11(20)2-3-13(12)21)4-10(17(14)27-8-16(23)24)6-15-18(25)22-19(28)29-15/h2-7H,8H2,1H3,(H,23,24)(H,22,25,28)/b15-6-. The molecule has 29 heavy (non-hydrogen) atoms. The molecule has 0 aromatic heterocycles. The molecule has 0 spiro atoms. The van der Waals surface area contributed by atoms with Gasteiger partial charge >= 0.3 is 5.97 Å².